The lowest BCUT2D eigenvalue weighted by atomic mass is 9.97. The highest BCUT2D eigenvalue weighted by Crippen LogP contribution is 2.50. The third kappa shape index (κ3) is 1.74. The monoisotopic (exact) mass is 270 g/mol. The average molecular weight is 270 g/mol. The van der Waals surface area contributed by atoms with Gasteiger partial charge in [-0.1, -0.05) is 6.07 Å². The summed E-state index contributed by atoms with van der Waals surface area (Å²) >= 11 is 0. The topological polar surface area (TPSA) is 63.4 Å². The molecule has 4 rings (SSSR count). The van der Waals surface area contributed by atoms with Gasteiger partial charge in [-0.2, -0.15) is 0 Å². The van der Waals surface area contributed by atoms with Gasteiger partial charge in [0.1, 0.15) is 0 Å². The molecule has 0 unspecified atom stereocenters. The molecule has 3 aliphatic rings. The van der Waals surface area contributed by atoms with Gasteiger partial charge in [0.05, 0.1) is 11.1 Å². The van der Waals surface area contributed by atoms with Crippen LogP contribution in [0.15, 0.2) is 18.2 Å². The van der Waals surface area contributed by atoms with E-state index in [1.807, 2.05) is 0 Å². The van der Waals surface area contributed by atoms with Crippen molar-refractivity contribution in [1.29, 1.82) is 0 Å². The van der Waals surface area contributed by atoms with Gasteiger partial charge < -0.3 is 5.73 Å². The Morgan fingerprint density at radius 1 is 1.10 bits per heavy atom. The predicted molar refractivity (Wildman–Crippen MR) is 75.2 cm³/mol. The van der Waals surface area contributed by atoms with Crippen molar-refractivity contribution < 1.29 is 9.59 Å². The van der Waals surface area contributed by atoms with Gasteiger partial charge in [-0.15, -0.1) is 0 Å². The van der Waals surface area contributed by atoms with Gasteiger partial charge in [0.2, 0.25) is 0 Å². The van der Waals surface area contributed by atoms with Crippen molar-refractivity contribution in [3.05, 3.63) is 29.3 Å². The third-order valence-corrected chi connectivity index (χ3v) is 4.88. The van der Waals surface area contributed by atoms with Gasteiger partial charge in [0, 0.05) is 12.2 Å². The van der Waals surface area contributed by atoms with Crippen LogP contribution >= 0.6 is 0 Å². The molecule has 0 radical (unpaired) electrons. The van der Waals surface area contributed by atoms with Gasteiger partial charge in [0.15, 0.2) is 0 Å². The summed E-state index contributed by atoms with van der Waals surface area (Å²) < 4.78 is 0. The minimum Gasteiger partial charge on any atom is -0.398 e. The molecular weight excluding hydrogens is 252 g/mol. The Bertz CT molecular complexity index is 590. The molecule has 0 saturated heterocycles. The van der Waals surface area contributed by atoms with Crippen molar-refractivity contribution in [3.8, 4) is 0 Å². The van der Waals surface area contributed by atoms with E-state index in [1.165, 1.54) is 30.6 Å². The maximum atomic E-state index is 12.5. The Labute approximate surface area is 117 Å². The molecular formula is C16H18N2O2. The molecule has 4 nitrogen and oxygen atoms in total. The van der Waals surface area contributed by atoms with E-state index >= 15 is 0 Å². The molecule has 4 heteroatoms. The number of nitrogens with two attached hydrogens (primary N) is 1. The number of nitrogen functional groups attached to an aromatic ring is 1. The fourth-order valence-corrected chi connectivity index (χ4v) is 3.47. The largest absolute Gasteiger partial charge is 0.398 e. The number of hydrogen-bond donors (Lipinski definition) is 1. The van der Waals surface area contributed by atoms with Crippen molar-refractivity contribution in [2.24, 2.45) is 17.8 Å². The molecule has 2 aliphatic carbocycles. The number of amides is 2. The zero-order chi connectivity index (χ0) is 13.9. The molecule has 104 valence electrons. The van der Waals surface area contributed by atoms with E-state index < -0.39 is 0 Å². The van der Waals surface area contributed by atoms with Crippen LogP contribution in [0.25, 0.3) is 0 Å². The van der Waals surface area contributed by atoms with E-state index in [-0.39, 0.29) is 11.8 Å². The average Bonchev–Trinajstić information content (AvgIpc) is 3.31. The zero-order valence-corrected chi connectivity index (χ0v) is 11.3. The maximum absolute atomic E-state index is 12.5. The molecule has 1 heterocycles. The number of imide groups is 1. The van der Waals surface area contributed by atoms with E-state index in [1.54, 1.807) is 18.2 Å². The third-order valence-electron chi connectivity index (χ3n) is 4.88. The molecule has 20 heavy (non-hydrogen) atoms. The fraction of sp³-hybridized carbons (Fsp3) is 0.500. The fourth-order valence-electron chi connectivity index (χ4n) is 3.47. The number of carbonyl (C=O) groups is 2. The van der Waals surface area contributed by atoms with E-state index in [0.717, 1.165) is 11.8 Å². The first-order chi connectivity index (χ1) is 9.66. The van der Waals surface area contributed by atoms with E-state index in [9.17, 15) is 9.59 Å². The summed E-state index contributed by atoms with van der Waals surface area (Å²) in [6.07, 6.45) is 5.03. The van der Waals surface area contributed by atoms with Gasteiger partial charge in [0.25, 0.3) is 11.8 Å². The van der Waals surface area contributed by atoms with Gasteiger partial charge in [-0.05, 0) is 55.6 Å². The molecule has 0 aromatic heterocycles. The van der Waals surface area contributed by atoms with Crippen molar-refractivity contribution in [2.45, 2.75) is 25.7 Å². The highest BCUT2D eigenvalue weighted by atomic mass is 16.2. The standard InChI is InChI=1S/C16H18N2O2/c17-13-3-1-2-11-14(13)16(20)18(15(11)19)8-12(9-4-5-9)10-6-7-10/h1-3,9-10,12H,4-8,17H2. The van der Waals surface area contributed by atoms with Gasteiger partial charge >= 0.3 is 0 Å². The summed E-state index contributed by atoms with van der Waals surface area (Å²) in [5.41, 5.74) is 7.15. The van der Waals surface area contributed by atoms with Crippen molar-refractivity contribution >= 4 is 17.5 Å². The number of rotatable bonds is 4. The Kier molecular flexibility index (Phi) is 2.43. The molecule has 1 aromatic carbocycles. The second-order valence-corrected chi connectivity index (χ2v) is 6.33. The van der Waals surface area contributed by atoms with Crippen LogP contribution in [0, 0.1) is 17.8 Å². The van der Waals surface area contributed by atoms with E-state index in [0.29, 0.717) is 29.3 Å². The summed E-state index contributed by atoms with van der Waals surface area (Å²) in [5.74, 6) is 1.60. The number of fused-ring (bicyclic) bond motifs is 1. The predicted octanol–water partition coefficient (Wildman–Crippen LogP) is 2.30. The van der Waals surface area contributed by atoms with E-state index in [4.69, 9.17) is 5.73 Å². The van der Waals surface area contributed by atoms with Crippen LogP contribution in [0.2, 0.25) is 0 Å². The molecule has 0 bridgehead atoms. The summed E-state index contributed by atoms with van der Waals surface area (Å²) in [6.45, 7) is 0.584. The quantitative estimate of drug-likeness (QED) is 0.674. The minimum atomic E-state index is -0.200. The van der Waals surface area contributed by atoms with Crippen LogP contribution in [-0.2, 0) is 0 Å². The molecule has 2 amide bonds. The zero-order valence-electron chi connectivity index (χ0n) is 11.3. The second-order valence-electron chi connectivity index (χ2n) is 6.33. The summed E-state index contributed by atoms with van der Waals surface area (Å²) in [7, 11) is 0. The molecule has 2 fully saturated rings. The Morgan fingerprint density at radius 2 is 1.75 bits per heavy atom. The van der Waals surface area contributed by atoms with Crippen molar-refractivity contribution in [3.63, 3.8) is 0 Å². The molecule has 2 saturated carbocycles. The first-order valence-electron chi connectivity index (χ1n) is 7.41. The highest BCUT2D eigenvalue weighted by molar-refractivity contribution is 6.23. The normalized spacial score (nSPS) is 21.8. The highest BCUT2D eigenvalue weighted by Gasteiger charge is 2.46. The van der Waals surface area contributed by atoms with Gasteiger partial charge in [-0.25, -0.2) is 0 Å². The number of nitrogens with zero attached hydrogens (tertiary/aromatic N) is 1. The van der Waals surface area contributed by atoms with Crippen LogP contribution in [0.5, 0.6) is 0 Å². The Morgan fingerprint density at radius 3 is 2.30 bits per heavy atom. The van der Waals surface area contributed by atoms with Crippen LogP contribution in [0.4, 0.5) is 5.69 Å². The number of carbonyl (C=O) groups excluding carboxylic acids is 2. The number of hydrogen-bond acceptors (Lipinski definition) is 3. The maximum Gasteiger partial charge on any atom is 0.263 e. The number of anilines is 1. The SMILES string of the molecule is Nc1cccc2c1C(=O)N(CC(C1CC1)C1CC1)C2=O. The molecule has 0 atom stereocenters. The molecule has 1 aromatic rings. The molecule has 0 spiro atoms. The summed E-state index contributed by atoms with van der Waals surface area (Å²) in [5, 5.41) is 0. The lowest BCUT2D eigenvalue weighted by molar-refractivity contribution is 0.0615. The Hall–Kier alpha value is -1.84. The van der Waals surface area contributed by atoms with Crippen LogP contribution in [0.3, 0.4) is 0 Å². The van der Waals surface area contributed by atoms with Crippen molar-refractivity contribution in [1.82, 2.24) is 4.90 Å². The molecule has 2 N–H and O–H groups in total. The minimum absolute atomic E-state index is 0.163. The first-order valence-corrected chi connectivity index (χ1v) is 7.41. The summed E-state index contributed by atoms with van der Waals surface area (Å²) in [6, 6.07) is 5.13. The van der Waals surface area contributed by atoms with Crippen LogP contribution in [0.1, 0.15) is 46.4 Å². The number of benzene rings is 1. The van der Waals surface area contributed by atoms with Crippen LogP contribution < -0.4 is 5.73 Å². The van der Waals surface area contributed by atoms with E-state index in [2.05, 4.69) is 0 Å². The smallest absolute Gasteiger partial charge is 0.263 e. The van der Waals surface area contributed by atoms with Crippen LogP contribution in [-0.4, -0.2) is 23.3 Å². The molecule has 1 aliphatic heterocycles. The first kappa shape index (κ1) is 11.9. The lowest BCUT2D eigenvalue weighted by Crippen LogP contribution is -2.36. The second kappa shape index (κ2) is 4.08. The Balaban J connectivity index is 1.62. The lowest BCUT2D eigenvalue weighted by Gasteiger charge is -2.22. The van der Waals surface area contributed by atoms with Gasteiger partial charge in [-0.3, -0.25) is 14.5 Å². The summed E-state index contributed by atoms with van der Waals surface area (Å²) in [4.78, 5) is 26.3. The van der Waals surface area contributed by atoms with Crippen molar-refractivity contribution in [2.75, 3.05) is 12.3 Å².